The van der Waals surface area contributed by atoms with Crippen molar-refractivity contribution in [2.24, 2.45) is 0 Å². The van der Waals surface area contributed by atoms with Crippen LogP contribution in [-0.2, 0) is 6.54 Å². The minimum Gasteiger partial charge on any atom is -0.460 e. The van der Waals surface area contributed by atoms with Crippen LogP contribution in [0.2, 0.25) is 0 Å². The summed E-state index contributed by atoms with van der Waals surface area (Å²) in [5, 5.41) is 4.20. The number of hydrogen-bond donors (Lipinski definition) is 1. The maximum absolute atomic E-state index is 5.76. The zero-order chi connectivity index (χ0) is 12.4. The van der Waals surface area contributed by atoms with Crippen molar-refractivity contribution in [3.63, 3.8) is 0 Å². The van der Waals surface area contributed by atoms with Crippen LogP contribution in [0.5, 0.6) is 0 Å². The Morgan fingerprint density at radius 3 is 2.94 bits per heavy atom. The summed E-state index contributed by atoms with van der Waals surface area (Å²) in [5.74, 6) is 1.79. The van der Waals surface area contributed by atoms with E-state index in [1.807, 2.05) is 43.6 Å². The van der Waals surface area contributed by atoms with Gasteiger partial charge in [0, 0.05) is 17.1 Å². The van der Waals surface area contributed by atoms with Crippen molar-refractivity contribution >= 4 is 10.9 Å². The number of rotatable bonds is 3. The Bertz CT molecular complexity index is 673. The molecule has 0 aliphatic carbocycles. The second-order valence-corrected chi connectivity index (χ2v) is 4.21. The van der Waals surface area contributed by atoms with E-state index in [4.69, 9.17) is 4.42 Å². The number of pyridine rings is 1. The molecule has 0 aliphatic rings. The summed E-state index contributed by atoms with van der Waals surface area (Å²) in [6, 6.07) is 14.1. The minimum absolute atomic E-state index is 0.737. The number of fused-ring (bicyclic) bond motifs is 1. The third-order valence-corrected chi connectivity index (χ3v) is 2.89. The van der Waals surface area contributed by atoms with Crippen molar-refractivity contribution in [2.45, 2.75) is 6.54 Å². The first kappa shape index (κ1) is 11.0. The van der Waals surface area contributed by atoms with Gasteiger partial charge in [-0.25, -0.2) is 0 Å². The predicted molar refractivity (Wildman–Crippen MR) is 72.2 cm³/mol. The van der Waals surface area contributed by atoms with Gasteiger partial charge in [-0.1, -0.05) is 18.2 Å². The zero-order valence-corrected chi connectivity index (χ0v) is 10.2. The number of hydrogen-bond acceptors (Lipinski definition) is 3. The average molecular weight is 238 g/mol. The van der Waals surface area contributed by atoms with Gasteiger partial charge in [0.05, 0.1) is 12.1 Å². The molecular formula is C15H14N2O. The maximum atomic E-state index is 5.76. The first-order valence-electron chi connectivity index (χ1n) is 5.95. The van der Waals surface area contributed by atoms with Crippen LogP contribution in [0.15, 0.2) is 53.1 Å². The summed E-state index contributed by atoms with van der Waals surface area (Å²) >= 11 is 0. The van der Waals surface area contributed by atoms with Crippen LogP contribution in [0.1, 0.15) is 5.76 Å². The fraction of sp³-hybridized carbons (Fsp3) is 0.133. The molecule has 3 rings (SSSR count). The van der Waals surface area contributed by atoms with Crippen LogP contribution in [0, 0.1) is 0 Å². The van der Waals surface area contributed by atoms with E-state index in [2.05, 4.69) is 22.4 Å². The Labute approximate surface area is 105 Å². The summed E-state index contributed by atoms with van der Waals surface area (Å²) in [5.41, 5.74) is 2.01. The Balaban J connectivity index is 2.02. The van der Waals surface area contributed by atoms with Gasteiger partial charge < -0.3 is 9.73 Å². The molecule has 0 amide bonds. The number of aromatic nitrogens is 1. The largest absolute Gasteiger partial charge is 0.460 e. The van der Waals surface area contributed by atoms with E-state index in [1.165, 1.54) is 0 Å². The van der Waals surface area contributed by atoms with E-state index in [9.17, 15) is 0 Å². The van der Waals surface area contributed by atoms with E-state index in [-0.39, 0.29) is 0 Å². The van der Waals surface area contributed by atoms with E-state index in [0.717, 1.165) is 34.5 Å². The number of furan rings is 1. The highest BCUT2D eigenvalue weighted by Gasteiger charge is 2.05. The molecule has 3 nitrogen and oxygen atoms in total. The van der Waals surface area contributed by atoms with E-state index in [1.54, 1.807) is 0 Å². The fourth-order valence-corrected chi connectivity index (χ4v) is 2.01. The first-order chi connectivity index (χ1) is 8.86. The van der Waals surface area contributed by atoms with Crippen LogP contribution in [0.25, 0.3) is 22.2 Å². The summed E-state index contributed by atoms with van der Waals surface area (Å²) in [7, 11) is 1.90. The number of para-hydroxylation sites is 1. The molecule has 0 unspecified atom stereocenters. The lowest BCUT2D eigenvalue weighted by Crippen LogP contribution is -2.03. The predicted octanol–water partition coefficient (Wildman–Crippen LogP) is 3.21. The maximum Gasteiger partial charge on any atom is 0.135 e. The molecule has 3 heteroatoms. The van der Waals surface area contributed by atoms with Gasteiger partial charge in [0.2, 0.25) is 0 Å². The molecule has 0 bridgehead atoms. The van der Waals surface area contributed by atoms with Gasteiger partial charge in [0.1, 0.15) is 11.5 Å². The minimum atomic E-state index is 0.737. The highest BCUT2D eigenvalue weighted by Crippen LogP contribution is 2.24. The van der Waals surface area contributed by atoms with Gasteiger partial charge in [-0.15, -0.1) is 0 Å². The van der Waals surface area contributed by atoms with Gasteiger partial charge in [-0.05, 0) is 31.3 Å². The number of nitrogens with zero attached hydrogens (tertiary/aromatic N) is 1. The molecule has 2 aromatic heterocycles. The SMILES string of the molecule is CNCc1ccc(-c2cnc3ccccc3c2)o1. The molecule has 0 saturated heterocycles. The van der Waals surface area contributed by atoms with Crippen molar-refractivity contribution in [1.82, 2.24) is 10.3 Å². The van der Waals surface area contributed by atoms with Gasteiger partial charge in [0.15, 0.2) is 0 Å². The van der Waals surface area contributed by atoms with Crippen molar-refractivity contribution in [1.29, 1.82) is 0 Å². The van der Waals surface area contributed by atoms with Gasteiger partial charge in [-0.3, -0.25) is 4.98 Å². The molecule has 0 radical (unpaired) electrons. The average Bonchev–Trinajstić information content (AvgIpc) is 2.87. The third-order valence-electron chi connectivity index (χ3n) is 2.89. The lowest BCUT2D eigenvalue weighted by molar-refractivity contribution is 0.507. The topological polar surface area (TPSA) is 38.1 Å². The van der Waals surface area contributed by atoms with E-state index < -0.39 is 0 Å². The first-order valence-corrected chi connectivity index (χ1v) is 5.95. The van der Waals surface area contributed by atoms with Crippen LogP contribution in [0.3, 0.4) is 0 Å². The monoisotopic (exact) mass is 238 g/mol. The summed E-state index contributed by atoms with van der Waals surface area (Å²) in [4.78, 5) is 4.44. The summed E-state index contributed by atoms with van der Waals surface area (Å²) in [6.07, 6.45) is 1.85. The molecular weight excluding hydrogens is 224 g/mol. The van der Waals surface area contributed by atoms with Crippen molar-refractivity contribution < 1.29 is 4.42 Å². The van der Waals surface area contributed by atoms with Crippen LogP contribution in [0.4, 0.5) is 0 Å². The molecule has 1 aromatic carbocycles. The van der Waals surface area contributed by atoms with Crippen LogP contribution < -0.4 is 5.32 Å². The summed E-state index contributed by atoms with van der Waals surface area (Å²) in [6.45, 7) is 0.737. The van der Waals surface area contributed by atoms with E-state index >= 15 is 0 Å². The van der Waals surface area contributed by atoms with Crippen molar-refractivity contribution in [2.75, 3.05) is 7.05 Å². The molecule has 0 atom stereocenters. The highest BCUT2D eigenvalue weighted by atomic mass is 16.3. The third kappa shape index (κ3) is 2.00. The lowest BCUT2D eigenvalue weighted by atomic mass is 10.1. The molecule has 3 aromatic rings. The molecule has 2 heterocycles. The molecule has 1 N–H and O–H groups in total. The fourth-order valence-electron chi connectivity index (χ4n) is 2.01. The van der Waals surface area contributed by atoms with Crippen LogP contribution in [-0.4, -0.2) is 12.0 Å². The molecule has 0 aliphatic heterocycles. The number of nitrogens with one attached hydrogen (secondary N) is 1. The normalized spacial score (nSPS) is 10.9. The Morgan fingerprint density at radius 1 is 1.17 bits per heavy atom. The van der Waals surface area contributed by atoms with Gasteiger partial charge in [0.25, 0.3) is 0 Å². The van der Waals surface area contributed by atoms with Gasteiger partial charge in [-0.2, -0.15) is 0 Å². The lowest BCUT2D eigenvalue weighted by Gasteiger charge is -2.00. The molecule has 0 spiro atoms. The Hall–Kier alpha value is -2.13. The Morgan fingerprint density at radius 2 is 2.06 bits per heavy atom. The quantitative estimate of drug-likeness (QED) is 0.761. The van der Waals surface area contributed by atoms with Crippen LogP contribution >= 0.6 is 0 Å². The second-order valence-electron chi connectivity index (χ2n) is 4.21. The highest BCUT2D eigenvalue weighted by molar-refractivity contribution is 5.82. The number of benzene rings is 1. The Kier molecular flexibility index (Phi) is 2.82. The standard InChI is InChI=1S/C15H14N2O/c1-16-10-13-6-7-15(18-13)12-8-11-4-2-3-5-14(11)17-9-12/h2-9,16H,10H2,1H3. The molecule has 18 heavy (non-hydrogen) atoms. The van der Waals surface area contributed by atoms with Gasteiger partial charge >= 0.3 is 0 Å². The zero-order valence-electron chi connectivity index (χ0n) is 10.2. The smallest absolute Gasteiger partial charge is 0.135 e. The molecule has 0 fully saturated rings. The summed E-state index contributed by atoms with van der Waals surface area (Å²) < 4.78 is 5.76. The van der Waals surface area contributed by atoms with Crippen molar-refractivity contribution in [3.8, 4) is 11.3 Å². The van der Waals surface area contributed by atoms with E-state index in [0.29, 0.717) is 0 Å². The molecule has 0 saturated carbocycles. The second kappa shape index (κ2) is 4.63. The van der Waals surface area contributed by atoms with Crippen molar-refractivity contribution in [3.05, 3.63) is 54.4 Å². The molecule has 90 valence electrons.